The topological polar surface area (TPSA) is 83.6 Å². The van der Waals surface area contributed by atoms with Crippen LogP contribution in [0.25, 0.3) is 0 Å². The first-order valence-corrected chi connectivity index (χ1v) is 10.2. The molecule has 1 saturated heterocycles. The van der Waals surface area contributed by atoms with Crippen LogP contribution in [0.1, 0.15) is 45.1 Å². The summed E-state index contributed by atoms with van der Waals surface area (Å²) < 4.78 is 27.7. The van der Waals surface area contributed by atoms with Crippen LogP contribution in [0.2, 0.25) is 0 Å². The average Bonchev–Trinajstić information content (AvgIpc) is 2.60. The zero-order valence-corrected chi connectivity index (χ0v) is 15.6. The Balaban J connectivity index is 1.88. The average molecular weight is 366 g/mol. The first kappa shape index (κ1) is 19.6. The van der Waals surface area contributed by atoms with Crippen LogP contribution in [0, 0.1) is 0 Å². The summed E-state index contributed by atoms with van der Waals surface area (Å²) in [5.74, 6) is -0.0308. The largest absolute Gasteiger partial charge is 0.343 e. The lowest BCUT2D eigenvalue weighted by Gasteiger charge is -2.32. The van der Waals surface area contributed by atoms with E-state index in [1.54, 1.807) is 17.0 Å². The van der Waals surface area contributed by atoms with Gasteiger partial charge in [0, 0.05) is 32.0 Å². The highest BCUT2D eigenvalue weighted by Crippen LogP contribution is 2.17. The number of likely N-dealkylation sites (tertiary alicyclic amines) is 1. The van der Waals surface area contributed by atoms with Crippen molar-refractivity contribution in [2.24, 2.45) is 0 Å². The molecule has 0 spiro atoms. The summed E-state index contributed by atoms with van der Waals surface area (Å²) in [5, 5.41) is 0. The molecule has 0 saturated carbocycles. The molecule has 138 valence electrons. The molecule has 0 unspecified atom stereocenters. The first-order chi connectivity index (χ1) is 11.8. The number of aryl methyl sites for hydroxylation is 1. The summed E-state index contributed by atoms with van der Waals surface area (Å²) in [6.45, 7) is 4.52. The van der Waals surface area contributed by atoms with E-state index in [-0.39, 0.29) is 35.5 Å². The van der Waals surface area contributed by atoms with Gasteiger partial charge in [-0.2, -0.15) is 0 Å². The Morgan fingerprint density at radius 1 is 1.12 bits per heavy atom. The van der Waals surface area contributed by atoms with Crippen LogP contribution in [0.5, 0.6) is 0 Å². The normalized spacial score (nSPS) is 16.0. The zero-order valence-electron chi connectivity index (χ0n) is 14.8. The summed E-state index contributed by atoms with van der Waals surface area (Å²) in [5.41, 5.74) is 1.09. The molecule has 25 heavy (non-hydrogen) atoms. The molecule has 1 aliphatic rings. The Morgan fingerprint density at radius 3 is 2.24 bits per heavy atom. The van der Waals surface area contributed by atoms with Crippen molar-refractivity contribution in [1.29, 1.82) is 0 Å². The highest BCUT2D eigenvalue weighted by molar-refractivity contribution is 7.89. The summed E-state index contributed by atoms with van der Waals surface area (Å²) in [6.07, 6.45) is 2.52. The monoisotopic (exact) mass is 366 g/mol. The molecule has 1 amide bonds. The van der Waals surface area contributed by atoms with Crippen LogP contribution in [-0.2, 0) is 26.0 Å². The van der Waals surface area contributed by atoms with E-state index in [4.69, 9.17) is 0 Å². The van der Waals surface area contributed by atoms with E-state index < -0.39 is 10.0 Å². The predicted octanol–water partition coefficient (Wildman–Crippen LogP) is 1.89. The number of hydrogen-bond acceptors (Lipinski definition) is 4. The van der Waals surface area contributed by atoms with Crippen LogP contribution in [-0.4, -0.2) is 44.1 Å². The van der Waals surface area contributed by atoms with Crippen LogP contribution >= 0.6 is 0 Å². The number of nitrogens with one attached hydrogen (secondary N) is 1. The third-order valence-electron chi connectivity index (χ3n) is 4.50. The van der Waals surface area contributed by atoms with Gasteiger partial charge in [-0.05, 0) is 43.9 Å². The predicted molar refractivity (Wildman–Crippen MR) is 95.7 cm³/mol. The third kappa shape index (κ3) is 5.64. The molecule has 7 heteroatoms. The summed E-state index contributed by atoms with van der Waals surface area (Å²) >= 11 is 0. The fraction of sp³-hybridized carbons (Fsp3) is 0.556. The van der Waals surface area contributed by atoms with Gasteiger partial charge in [-0.1, -0.05) is 19.1 Å². The van der Waals surface area contributed by atoms with Crippen molar-refractivity contribution in [1.82, 2.24) is 9.62 Å². The molecule has 1 fully saturated rings. The number of Topliss-reactive ketones (excluding diaryl/α,β-unsaturated/α-hetero) is 1. The van der Waals surface area contributed by atoms with E-state index >= 15 is 0 Å². The molecule has 0 aromatic heterocycles. The third-order valence-corrected chi connectivity index (χ3v) is 6.04. The maximum Gasteiger partial charge on any atom is 0.240 e. The number of carbonyl (C=O) groups excluding carboxylic acids is 2. The van der Waals surface area contributed by atoms with Crippen molar-refractivity contribution < 1.29 is 18.0 Å². The van der Waals surface area contributed by atoms with E-state index in [0.29, 0.717) is 25.9 Å². The summed E-state index contributed by atoms with van der Waals surface area (Å²) in [4.78, 5) is 25.0. The van der Waals surface area contributed by atoms with Gasteiger partial charge in [0.25, 0.3) is 0 Å². The highest BCUT2D eigenvalue weighted by Gasteiger charge is 2.26. The molecular weight excluding hydrogens is 340 g/mol. The van der Waals surface area contributed by atoms with Gasteiger partial charge in [0.1, 0.15) is 5.78 Å². The standard InChI is InChI=1S/C18H26N2O4S/c1-3-15-5-7-17(8-6-15)25(23,24)19-16-10-12-20(13-11-16)18(22)9-4-14(2)21/h5-8,16,19H,3-4,9-13H2,1-2H3. The second-order valence-corrected chi connectivity index (χ2v) is 8.19. The molecule has 1 heterocycles. The van der Waals surface area contributed by atoms with Crippen LogP contribution in [0.15, 0.2) is 29.2 Å². The molecule has 0 aliphatic carbocycles. The number of hydrogen-bond donors (Lipinski definition) is 1. The number of rotatable bonds is 7. The Kier molecular flexibility index (Phi) is 6.72. The van der Waals surface area contributed by atoms with Gasteiger partial charge in [-0.15, -0.1) is 0 Å². The van der Waals surface area contributed by atoms with Gasteiger partial charge in [-0.3, -0.25) is 4.79 Å². The molecule has 6 nitrogen and oxygen atoms in total. The number of amides is 1. The Labute approximate surface area is 149 Å². The van der Waals surface area contributed by atoms with Gasteiger partial charge < -0.3 is 9.69 Å². The minimum absolute atomic E-state index is 0.00471. The van der Waals surface area contributed by atoms with Crippen LogP contribution in [0.3, 0.4) is 0 Å². The minimum Gasteiger partial charge on any atom is -0.343 e. The molecule has 0 atom stereocenters. The number of piperidine rings is 1. The van der Waals surface area contributed by atoms with E-state index in [1.165, 1.54) is 6.92 Å². The number of nitrogens with zero attached hydrogens (tertiary/aromatic N) is 1. The summed E-state index contributed by atoms with van der Waals surface area (Å²) in [6, 6.07) is 6.73. The first-order valence-electron chi connectivity index (χ1n) is 8.70. The van der Waals surface area contributed by atoms with E-state index in [1.807, 2.05) is 19.1 Å². The quantitative estimate of drug-likeness (QED) is 0.799. The second kappa shape index (κ2) is 8.58. The van der Waals surface area contributed by atoms with Crippen molar-refractivity contribution >= 4 is 21.7 Å². The highest BCUT2D eigenvalue weighted by atomic mass is 32.2. The molecule has 1 aromatic carbocycles. The Hall–Kier alpha value is -1.73. The molecule has 1 N–H and O–H groups in total. The van der Waals surface area contributed by atoms with Gasteiger partial charge in [-0.25, -0.2) is 13.1 Å². The molecule has 0 radical (unpaired) electrons. The van der Waals surface area contributed by atoms with Crippen molar-refractivity contribution in [3.05, 3.63) is 29.8 Å². The lowest BCUT2D eigenvalue weighted by atomic mass is 10.1. The van der Waals surface area contributed by atoms with Gasteiger partial charge in [0.2, 0.25) is 15.9 Å². The van der Waals surface area contributed by atoms with Crippen LogP contribution < -0.4 is 4.72 Å². The minimum atomic E-state index is -3.54. The smallest absolute Gasteiger partial charge is 0.240 e. The fourth-order valence-electron chi connectivity index (χ4n) is 2.88. The Bertz CT molecular complexity index is 705. The zero-order chi connectivity index (χ0) is 18.4. The molecule has 2 rings (SSSR count). The molecule has 1 aromatic rings. The second-order valence-electron chi connectivity index (χ2n) is 6.48. The van der Waals surface area contributed by atoms with Gasteiger partial charge in [0.15, 0.2) is 0 Å². The van der Waals surface area contributed by atoms with Gasteiger partial charge >= 0.3 is 0 Å². The van der Waals surface area contributed by atoms with Gasteiger partial charge in [0.05, 0.1) is 4.90 Å². The van der Waals surface area contributed by atoms with Crippen molar-refractivity contribution in [2.45, 2.75) is 56.9 Å². The van der Waals surface area contributed by atoms with E-state index in [2.05, 4.69) is 4.72 Å². The van der Waals surface area contributed by atoms with Crippen LogP contribution in [0.4, 0.5) is 0 Å². The lowest BCUT2D eigenvalue weighted by Crippen LogP contribution is -2.46. The number of carbonyl (C=O) groups is 2. The van der Waals surface area contributed by atoms with E-state index in [0.717, 1.165) is 12.0 Å². The number of ketones is 1. The number of benzene rings is 1. The molecule has 0 bridgehead atoms. The lowest BCUT2D eigenvalue weighted by molar-refractivity contribution is -0.133. The fourth-order valence-corrected chi connectivity index (χ4v) is 4.18. The van der Waals surface area contributed by atoms with Crippen molar-refractivity contribution in [3.63, 3.8) is 0 Å². The summed E-state index contributed by atoms with van der Waals surface area (Å²) in [7, 11) is -3.54. The number of sulfonamides is 1. The van der Waals surface area contributed by atoms with Crippen molar-refractivity contribution in [3.8, 4) is 0 Å². The van der Waals surface area contributed by atoms with Crippen molar-refractivity contribution in [2.75, 3.05) is 13.1 Å². The maximum atomic E-state index is 12.5. The maximum absolute atomic E-state index is 12.5. The molecule has 1 aliphatic heterocycles. The SMILES string of the molecule is CCc1ccc(S(=O)(=O)NC2CCN(C(=O)CCC(C)=O)CC2)cc1. The van der Waals surface area contributed by atoms with E-state index in [9.17, 15) is 18.0 Å². The molecular formula is C18H26N2O4S. The Morgan fingerprint density at radius 2 is 1.72 bits per heavy atom.